The van der Waals surface area contributed by atoms with Gasteiger partial charge in [0.1, 0.15) is 5.67 Å². The van der Waals surface area contributed by atoms with E-state index in [-0.39, 0.29) is 0 Å². The van der Waals surface area contributed by atoms with E-state index in [0.29, 0.717) is 18.0 Å². The fourth-order valence-electron chi connectivity index (χ4n) is 4.14. The van der Waals surface area contributed by atoms with E-state index in [1.807, 2.05) is 0 Å². The third-order valence-electron chi connectivity index (χ3n) is 6.03. The van der Waals surface area contributed by atoms with Gasteiger partial charge in [0.25, 0.3) is 0 Å². The summed E-state index contributed by atoms with van der Waals surface area (Å²) in [5, 5.41) is 0. The Morgan fingerprint density at radius 3 is 2.20 bits per heavy atom. The summed E-state index contributed by atoms with van der Waals surface area (Å²) in [6, 6.07) is 0.562. The number of alkyl halides is 1. The van der Waals surface area contributed by atoms with Crippen LogP contribution in [-0.2, 0) is 0 Å². The molecule has 0 unspecified atom stereocenters. The zero-order valence-corrected chi connectivity index (χ0v) is 13.3. The first-order valence-corrected chi connectivity index (χ1v) is 8.66. The Labute approximate surface area is 123 Å². The fourth-order valence-corrected chi connectivity index (χ4v) is 4.14. The maximum Gasteiger partial charge on any atom is 0.126 e. The molecular formula is C17H31FN2. The van der Waals surface area contributed by atoms with Crippen LogP contribution in [0.3, 0.4) is 0 Å². The lowest BCUT2D eigenvalue weighted by atomic mass is 9.92. The van der Waals surface area contributed by atoms with E-state index < -0.39 is 5.67 Å². The quantitative estimate of drug-likeness (QED) is 0.782. The molecule has 0 radical (unpaired) electrons. The van der Waals surface area contributed by atoms with Crippen molar-refractivity contribution in [2.45, 2.75) is 70.5 Å². The standard InChI is InChI=1S/C17H31FN2/c1-15(2)20-12-8-17(18,9-13-20)14-19-10-3-4-16(5-6-16)7-11-19/h15H,3-14H2,1-2H3. The first kappa shape index (κ1) is 14.8. The Kier molecular flexibility index (Phi) is 4.11. The average molecular weight is 282 g/mol. The summed E-state index contributed by atoms with van der Waals surface area (Å²) in [4.78, 5) is 4.84. The molecule has 2 heterocycles. The summed E-state index contributed by atoms with van der Waals surface area (Å²) < 4.78 is 15.1. The third-order valence-corrected chi connectivity index (χ3v) is 6.03. The van der Waals surface area contributed by atoms with Gasteiger partial charge in [-0.25, -0.2) is 4.39 Å². The van der Waals surface area contributed by atoms with Crippen LogP contribution in [0.15, 0.2) is 0 Å². The van der Waals surface area contributed by atoms with Gasteiger partial charge in [0.15, 0.2) is 0 Å². The van der Waals surface area contributed by atoms with E-state index in [0.717, 1.165) is 39.0 Å². The summed E-state index contributed by atoms with van der Waals surface area (Å²) in [5.74, 6) is 0. The van der Waals surface area contributed by atoms with Gasteiger partial charge >= 0.3 is 0 Å². The van der Waals surface area contributed by atoms with Gasteiger partial charge in [-0.05, 0) is 77.3 Å². The zero-order chi connectivity index (χ0) is 14.2. The molecule has 0 aromatic carbocycles. The van der Waals surface area contributed by atoms with E-state index >= 15 is 4.39 Å². The van der Waals surface area contributed by atoms with Gasteiger partial charge in [-0.1, -0.05) is 0 Å². The summed E-state index contributed by atoms with van der Waals surface area (Å²) in [6.45, 7) is 9.26. The molecule has 1 saturated carbocycles. The van der Waals surface area contributed by atoms with Crippen molar-refractivity contribution in [2.24, 2.45) is 5.41 Å². The predicted molar refractivity (Wildman–Crippen MR) is 81.7 cm³/mol. The van der Waals surface area contributed by atoms with Crippen LogP contribution in [-0.4, -0.2) is 54.2 Å². The van der Waals surface area contributed by atoms with Gasteiger partial charge in [0, 0.05) is 25.7 Å². The van der Waals surface area contributed by atoms with Gasteiger partial charge in [-0.2, -0.15) is 0 Å². The van der Waals surface area contributed by atoms with Crippen molar-refractivity contribution in [3.63, 3.8) is 0 Å². The van der Waals surface area contributed by atoms with Gasteiger partial charge in [-0.15, -0.1) is 0 Å². The van der Waals surface area contributed by atoms with Crippen molar-refractivity contribution in [3.8, 4) is 0 Å². The Hall–Kier alpha value is -0.150. The molecule has 0 amide bonds. The van der Waals surface area contributed by atoms with E-state index in [1.54, 1.807) is 0 Å². The molecule has 3 aliphatic rings. The first-order chi connectivity index (χ1) is 9.50. The molecule has 0 atom stereocenters. The van der Waals surface area contributed by atoms with E-state index in [4.69, 9.17) is 0 Å². The lowest BCUT2D eigenvalue weighted by Gasteiger charge is -2.40. The number of piperidine rings is 1. The number of halogens is 1. The summed E-state index contributed by atoms with van der Waals surface area (Å²) in [5.41, 5.74) is -0.230. The summed E-state index contributed by atoms with van der Waals surface area (Å²) in [7, 11) is 0. The van der Waals surface area contributed by atoms with Crippen LogP contribution in [0.4, 0.5) is 4.39 Å². The minimum atomic E-state index is -0.924. The molecule has 0 aromatic heterocycles. The lowest BCUT2D eigenvalue weighted by molar-refractivity contribution is 0.0159. The molecule has 1 spiro atoms. The van der Waals surface area contributed by atoms with Crippen LogP contribution in [0.5, 0.6) is 0 Å². The summed E-state index contributed by atoms with van der Waals surface area (Å²) in [6.07, 6.45) is 8.33. The largest absolute Gasteiger partial charge is 0.301 e. The second-order valence-corrected chi connectivity index (χ2v) is 7.91. The highest BCUT2D eigenvalue weighted by atomic mass is 19.1. The Morgan fingerprint density at radius 2 is 1.60 bits per heavy atom. The Morgan fingerprint density at radius 1 is 0.900 bits per heavy atom. The molecule has 0 N–H and O–H groups in total. The summed E-state index contributed by atoms with van der Waals surface area (Å²) >= 11 is 0. The zero-order valence-electron chi connectivity index (χ0n) is 13.3. The van der Waals surface area contributed by atoms with Crippen LogP contribution in [0.1, 0.15) is 58.8 Å². The van der Waals surface area contributed by atoms with E-state index in [2.05, 4.69) is 23.6 Å². The van der Waals surface area contributed by atoms with Gasteiger partial charge in [-0.3, -0.25) is 0 Å². The number of nitrogens with zero attached hydrogens (tertiary/aromatic N) is 2. The lowest BCUT2D eigenvalue weighted by Crippen LogP contribution is -2.50. The van der Waals surface area contributed by atoms with Crippen LogP contribution in [0.25, 0.3) is 0 Å². The van der Waals surface area contributed by atoms with Crippen LogP contribution in [0, 0.1) is 5.41 Å². The predicted octanol–water partition coefficient (Wildman–Crippen LogP) is 3.47. The third kappa shape index (κ3) is 3.36. The molecule has 20 heavy (non-hydrogen) atoms. The molecule has 3 heteroatoms. The minimum absolute atomic E-state index is 0.562. The molecule has 0 aromatic rings. The maximum absolute atomic E-state index is 15.1. The average Bonchev–Trinajstić information content (AvgIpc) is 3.19. The van der Waals surface area contributed by atoms with Gasteiger partial charge < -0.3 is 9.80 Å². The van der Waals surface area contributed by atoms with Crippen molar-refractivity contribution >= 4 is 0 Å². The van der Waals surface area contributed by atoms with Crippen LogP contribution >= 0.6 is 0 Å². The second kappa shape index (κ2) is 5.57. The van der Waals surface area contributed by atoms with Crippen LogP contribution < -0.4 is 0 Å². The highest BCUT2D eigenvalue weighted by Crippen LogP contribution is 2.53. The van der Waals surface area contributed by atoms with Gasteiger partial charge in [0.05, 0.1) is 0 Å². The number of rotatable bonds is 3. The maximum atomic E-state index is 15.1. The van der Waals surface area contributed by atoms with Crippen molar-refractivity contribution < 1.29 is 4.39 Å². The smallest absolute Gasteiger partial charge is 0.126 e. The Balaban J connectivity index is 1.49. The van der Waals surface area contributed by atoms with Crippen molar-refractivity contribution in [2.75, 3.05) is 32.7 Å². The number of hydrogen-bond acceptors (Lipinski definition) is 2. The molecule has 1 aliphatic carbocycles. The normalized spacial score (nSPS) is 30.6. The first-order valence-electron chi connectivity index (χ1n) is 8.66. The monoisotopic (exact) mass is 282 g/mol. The highest BCUT2D eigenvalue weighted by Gasteiger charge is 2.44. The van der Waals surface area contributed by atoms with Crippen LogP contribution in [0.2, 0.25) is 0 Å². The van der Waals surface area contributed by atoms with E-state index in [9.17, 15) is 0 Å². The van der Waals surface area contributed by atoms with E-state index in [1.165, 1.54) is 32.1 Å². The van der Waals surface area contributed by atoms with Crippen molar-refractivity contribution in [1.29, 1.82) is 0 Å². The molecule has 2 nitrogen and oxygen atoms in total. The molecule has 3 fully saturated rings. The number of hydrogen-bond donors (Lipinski definition) is 0. The topological polar surface area (TPSA) is 6.48 Å². The fraction of sp³-hybridized carbons (Fsp3) is 1.00. The second-order valence-electron chi connectivity index (χ2n) is 7.91. The SMILES string of the molecule is CC(C)N1CCC(F)(CN2CCCC3(CC2)CC3)CC1. The number of likely N-dealkylation sites (tertiary alicyclic amines) is 2. The molecule has 3 rings (SSSR count). The van der Waals surface area contributed by atoms with Crippen molar-refractivity contribution in [1.82, 2.24) is 9.80 Å². The Bertz CT molecular complexity index is 330. The molecule has 0 bridgehead atoms. The highest BCUT2D eigenvalue weighted by molar-refractivity contribution is 4.97. The van der Waals surface area contributed by atoms with Gasteiger partial charge in [0.2, 0.25) is 0 Å². The minimum Gasteiger partial charge on any atom is -0.301 e. The molecule has 2 aliphatic heterocycles. The molecule has 2 saturated heterocycles. The molecular weight excluding hydrogens is 251 g/mol. The molecule has 116 valence electrons. The van der Waals surface area contributed by atoms with Crippen molar-refractivity contribution in [3.05, 3.63) is 0 Å².